The fraction of sp³-hybridized carbons (Fsp3) is 0.778. The third-order valence-corrected chi connectivity index (χ3v) is 5.89. The van der Waals surface area contributed by atoms with E-state index in [2.05, 4.69) is 39.5 Å². The van der Waals surface area contributed by atoms with E-state index in [1.165, 1.54) is 25.7 Å². The predicted octanol–water partition coefficient (Wildman–Crippen LogP) is 4.30. The first-order chi connectivity index (χ1) is 11.5. The number of halogens is 1. The number of nitrogens with one attached hydrogen (secondary N) is 1. The van der Waals surface area contributed by atoms with Gasteiger partial charge in [-0.15, -0.1) is 35.3 Å². The van der Waals surface area contributed by atoms with Crippen LogP contribution in [0.2, 0.25) is 0 Å². The molecule has 3 unspecified atom stereocenters. The Morgan fingerprint density at radius 3 is 2.92 bits per heavy atom. The van der Waals surface area contributed by atoms with Crippen LogP contribution in [-0.2, 0) is 11.3 Å². The van der Waals surface area contributed by atoms with Gasteiger partial charge in [0, 0.05) is 33.1 Å². The lowest BCUT2D eigenvalue weighted by Crippen LogP contribution is -2.41. The number of hydrogen-bond acceptors (Lipinski definition) is 4. The number of methoxy groups -OCH3 is 1. The summed E-state index contributed by atoms with van der Waals surface area (Å²) in [7, 11) is 5.63. The van der Waals surface area contributed by atoms with Gasteiger partial charge >= 0.3 is 0 Å². The molecular formula is C18H33IN4OS. The maximum absolute atomic E-state index is 5.34. The van der Waals surface area contributed by atoms with Gasteiger partial charge in [-0.25, -0.2) is 4.98 Å². The molecular weight excluding hydrogens is 447 g/mol. The number of guanidine groups is 1. The monoisotopic (exact) mass is 480 g/mol. The van der Waals surface area contributed by atoms with Gasteiger partial charge in [0.25, 0.3) is 0 Å². The first-order valence-corrected chi connectivity index (χ1v) is 9.80. The number of aliphatic imine (C=N–C) groups is 1. The highest BCUT2D eigenvalue weighted by molar-refractivity contribution is 14.0. The van der Waals surface area contributed by atoms with Gasteiger partial charge in [-0.2, -0.15) is 0 Å². The first kappa shape index (κ1) is 22.6. The molecule has 1 aromatic rings. The standard InChI is InChI=1S/C18H32N4OS.HI/c1-13-7-6-8-15(9-13)10-20-18(19-3)22(4)11-16-12-24-17(21-16)14(2)23-5;/h12-15H,6-11H2,1-5H3,(H,19,20);1H. The average molecular weight is 480 g/mol. The second kappa shape index (κ2) is 11.3. The fourth-order valence-corrected chi connectivity index (χ4v) is 4.21. The summed E-state index contributed by atoms with van der Waals surface area (Å²) in [6.07, 6.45) is 5.47. The van der Waals surface area contributed by atoms with Crippen LogP contribution in [-0.4, -0.2) is 43.6 Å². The molecule has 0 spiro atoms. The molecule has 2 rings (SSSR count). The van der Waals surface area contributed by atoms with Crippen molar-refractivity contribution < 1.29 is 4.74 Å². The summed E-state index contributed by atoms with van der Waals surface area (Å²) in [5.74, 6) is 2.58. The van der Waals surface area contributed by atoms with Crippen molar-refractivity contribution in [3.8, 4) is 0 Å². The van der Waals surface area contributed by atoms with E-state index in [-0.39, 0.29) is 30.1 Å². The van der Waals surface area contributed by atoms with E-state index in [9.17, 15) is 0 Å². The zero-order valence-electron chi connectivity index (χ0n) is 16.1. The lowest BCUT2D eigenvalue weighted by Gasteiger charge is -2.29. The third-order valence-electron chi connectivity index (χ3n) is 4.84. The number of aromatic nitrogens is 1. The number of nitrogens with zero attached hydrogens (tertiary/aromatic N) is 3. The molecule has 144 valence electrons. The Labute approximate surface area is 173 Å². The van der Waals surface area contributed by atoms with Crippen LogP contribution in [0, 0.1) is 11.8 Å². The van der Waals surface area contributed by atoms with Crippen LogP contribution < -0.4 is 5.32 Å². The second-order valence-electron chi connectivity index (χ2n) is 6.98. The topological polar surface area (TPSA) is 49.8 Å². The van der Waals surface area contributed by atoms with Crippen molar-refractivity contribution in [1.29, 1.82) is 0 Å². The maximum Gasteiger partial charge on any atom is 0.193 e. The van der Waals surface area contributed by atoms with Crippen LogP contribution in [0.5, 0.6) is 0 Å². The lowest BCUT2D eigenvalue weighted by atomic mass is 9.82. The Morgan fingerprint density at radius 1 is 1.52 bits per heavy atom. The summed E-state index contributed by atoms with van der Waals surface area (Å²) in [6, 6.07) is 0. The minimum absolute atomic E-state index is 0. The smallest absolute Gasteiger partial charge is 0.193 e. The van der Waals surface area contributed by atoms with E-state index in [4.69, 9.17) is 4.74 Å². The lowest BCUT2D eigenvalue weighted by molar-refractivity contribution is 0.119. The van der Waals surface area contributed by atoms with Gasteiger partial charge < -0.3 is 15.0 Å². The normalized spacial score (nSPS) is 22.2. The van der Waals surface area contributed by atoms with Crippen molar-refractivity contribution in [2.24, 2.45) is 16.8 Å². The molecule has 0 aromatic carbocycles. The minimum atomic E-state index is 0. The summed E-state index contributed by atoms with van der Waals surface area (Å²) in [5.41, 5.74) is 1.07. The minimum Gasteiger partial charge on any atom is -0.375 e. The molecule has 0 aliphatic heterocycles. The SMILES string of the molecule is CN=C(NCC1CCCC(C)C1)N(C)Cc1csc(C(C)OC)n1.I. The molecule has 25 heavy (non-hydrogen) atoms. The Bertz CT molecular complexity index is 537. The zero-order valence-corrected chi connectivity index (χ0v) is 19.3. The van der Waals surface area contributed by atoms with Crippen LogP contribution >= 0.6 is 35.3 Å². The molecule has 1 aliphatic carbocycles. The number of rotatable bonds is 6. The Kier molecular flexibility index (Phi) is 10.3. The molecule has 0 bridgehead atoms. The van der Waals surface area contributed by atoms with Gasteiger partial charge in [0.15, 0.2) is 5.96 Å². The molecule has 0 saturated heterocycles. The van der Waals surface area contributed by atoms with E-state index in [0.29, 0.717) is 0 Å². The van der Waals surface area contributed by atoms with Gasteiger partial charge in [0.2, 0.25) is 0 Å². The second-order valence-corrected chi connectivity index (χ2v) is 7.87. The van der Waals surface area contributed by atoms with Crippen molar-refractivity contribution in [3.63, 3.8) is 0 Å². The van der Waals surface area contributed by atoms with E-state index >= 15 is 0 Å². The van der Waals surface area contributed by atoms with Crippen molar-refractivity contribution >= 4 is 41.3 Å². The summed E-state index contributed by atoms with van der Waals surface area (Å²) in [6.45, 7) is 6.17. The maximum atomic E-state index is 5.34. The molecule has 3 atom stereocenters. The Hall–Kier alpha value is -0.410. The molecule has 1 N–H and O–H groups in total. The van der Waals surface area contributed by atoms with Crippen LogP contribution in [0.1, 0.15) is 56.3 Å². The van der Waals surface area contributed by atoms with Crippen LogP contribution in [0.25, 0.3) is 0 Å². The van der Waals surface area contributed by atoms with Crippen molar-refractivity contribution in [3.05, 3.63) is 16.1 Å². The molecule has 0 radical (unpaired) electrons. The molecule has 5 nitrogen and oxygen atoms in total. The third kappa shape index (κ3) is 7.02. The molecule has 1 aliphatic rings. The summed E-state index contributed by atoms with van der Waals surface area (Å²) in [4.78, 5) is 11.2. The molecule has 7 heteroatoms. The molecule has 1 heterocycles. The van der Waals surface area contributed by atoms with E-state index in [1.807, 2.05) is 14.0 Å². The zero-order chi connectivity index (χ0) is 17.5. The number of hydrogen-bond donors (Lipinski definition) is 1. The van der Waals surface area contributed by atoms with Crippen LogP contribution in [0.15, 0.2) is 10.4 Å². The molecule has 1 aromatic heterocycles. The summed E-state index contributed by atoms with van der Waals surface area (Å²) in [5, 5.41) is 6.68. The van der Waals surface area contributed by atoms with Gasteiger partial charge in [-0.1, -0.05) is 19.8 Å². The number of thiazole rings is 1. The highest BCUT2D eigenvalue weighted by Crippen LogP contribution is 2.28. The van der Waals surface area contributed by atoms with Gasteiger partial charge in [-0.3, -0.25) is 4.99 Å². The van der Waals surface area contributed by atoms with Crippen molar-refractivity contribution in [2.45, 2.75) is 52.2 Å². The summed E-state index contributed by atoms with van der Waals surface area (Å²) < 4.78 is 5.34. The number of ether oxygens (including phenoxy) is 1. The van der Waals surface area contributed by atoms with E-state index in [0.717, 1.165) is 41.6 Å². The highest BCUT2D eigenvalue weighted by Gasteiger charge is 2.19. The van der Waals surface area contributed by atoms with Gasteiger partial charge in [0.1, 0.15) is 11.1 Å². The average Bonchev–Trinajstić information content (AvgIpc) is 3.03. The Morgan fingerprint density at radius 2 is 2.28 bits per heavy atom. The predicted molar refractivity (Wildman–Crippen MR) is 117 cm³/mol. The van der Waals surface area contributed by atoms with Crippen LogP contribution in [0.4, 0.5) is 0 Å². The van der Waals surface area contributed by atoms with Crippen molar-refractivity contribution in [1.82, 2.24) is 15.2 Å². The summed E-state index contributed by atoms with van der Waals surface area (Å²) >= 11 is 1.66. The van der Waals surface area contributed by atoms with E-state index < -0.39 is 0 Å². The quantitative estimate of drug-likeness (QED) is 0.375. The first-order valence-electron chi connectivity index (χ1n) is 8.92. The molecule has 1 fully saturated rings. The Balaban J connectivity index is 0.00000312. The molecule has 1 saturated carbocycles. The van der Waals surface area contributed by atoms with E-state index in [1.54, 1.807) is 18.4 Å². The van der Waals surface area contributed by atoms with Crippen molar-refractivity contribution in [2.75, 3.05) is 27.7 Å². The largest absolute Gasteiger partial charge is 0.375 e. The van der Waals surface area contributed by atoms with Gasteiger partial charge in [0.05, 0.1) is 12.2 Å². The van der Waals surface area contributed by atoms with Gasteiger partial charge in [-0.05, 0) is 31.6 Å². The highest BCUT2D eigenvalue weighted by atomic mass is 127. The fourth-order valence-electron chi connectivity index (χ4n) is 3.37. The molecule has 0 amide bonds. The van der Waals surface area contributed by atoms with Crippen LogP contribution in [0.3, 0.4) is 0 Å².